The molecule has 0 bridgehead atoms. The lowest BCUT2D eigenvalue weighted by atomic mass is 9.83. The third kappa shape index (κ3) is 8.03. The summed E-state index contributed by atoms with van der Waals surface area (Å²) in [6.07, 6.45) is 0. The quantitative estimate of drug-likeness (QED) is 0.0974. The van der Waals surface area contributed by atoms with E-state index in [2.05, 4.69) is 26.3 Å². The highest BCUT2D eigenvalue weighted by Crippen LogP contribution is 2.52. The van der Waals surface area contributed by atoms with Crippen molar-refractivity contribution in [2.75, 3.05) is 26.1 Å². The molecule has 0 fully saturated rings. The first-order valence-electron chi connectivity index (χ1n) is 15.2. The maximum atomic E-state index is 15.5. The van der Waals surface area contributed by atoms with Gasteiger partial charge in [-0.1, -0.05) is 64.5 Å². The van der Waals surface area contributed by atoms with E-state index in [1.807, 2.05) is 12.1 Å². The number of hydrogen-bond donors (Lipinski definition) is 2. The SMILES string of the molecule is CCOC(=O)C(Nc1ccc(OC)cc1)C(NP(=O)(Oc1c(C)cccc1C)Oc1c(C)cccc1C)(C(=O)OC)c1ccc(Br)cc1. The number of nitrogens with one attached hydrogen (secondary N) is 2. The van der Waals surface area contributed by atoms with Crippen molar-refractivity contribution in [2.24, 2.45) is 0 Å². The number of ether oxygens (including phenoxy) is 3. The fraction of sp³-hybridized carbons (Fsp3) is 0.278. The Morgan fingerprint density at radius 2 is 1.29 bits per heavy atom. The fourth-order valence-corrected chi connectivity index (χ4v) is 7.51. The molecule has 10 nitrogen and oxygen atoms in total. The number of esters is 2. The molecule has 12 heteroatoms. The summed E-state index contributed by atoms with van der Waals surface area (Å²) in [6.45, 7) is 8.86. The molecule has 0 spiro atoms. The van der Waals surface area contributed by atoms with Crippen LogP contribution < -0.4 is 24.2 Å². The molecule has 254 valence electrons. The van der Waals surface area contributed by atoms with Crippen molar-refractivity contribution >= 4 is 41.3 Å². The molecule has 0 saturated carbocycles. The molecule has 0 saturated heterocycles. The maximum Gasteiger partial charge on any atom is 0.514 e. The van der Waals surface area contributed by atoms with Gasteiger partial charge >= 0.3 is 19.7 Å². The van der Waals surface area contributed by atoms with Gasteiger partial charge in [-0.25, -0.2) is 14.2 Å². The summed E-state index contributed by atoms with van der Waals surface area (Å²) in [6, 6.07) is 22.7. The minimum absolute atomic E-state index is 0.00726. The maximum absolute atomic E-state index is 15.5. The van der Waals surface area contributed by atoms with Gasteiger partial charge in [-0.15, -0.1) is 0 Å². The van der Waals surface area contributed by atoms with Crippen molar-refractivity contribution in [3.8, 4) is 17.2 Å². The molecule has 2 atom stereocenters. The Labute approximate surface area is 289 Å². The Hall–Kier alpha value is -4.31. The molecule has 2 unspecified atom stereocenters. The van der Waals surface area contributed by atoms with Crippen LogP contribution >= 0.6 is 23.7 Å². The molecule has 4 aromatic rings. The van der Waals surface area contributed by atoms with Gasteiger partial charge in [0.1, 0.15) is 17.2 Å². The minimum atomic E-state index is -4.70. The van der Waals surface area contributed by atoms with E-state index in [0.717, 1.165) is 0 Å². The van der Waals surface area contributed by atoms with Gasteiger partial charge in [-0.2, -0.15) is 5.09 Å². The Bertz CT molecular complexity index is 1700. The lowest BCUT2D eigenvalue weighted by Crippen LogP contribution is -2.63. The van der Waals surface area contributed by atoms with Crippen LogP contribution in [-0.2, 0) is 29.2 Å². The Morgan fingerprint density at radius 3 is 1.73 bits per heavy atom. The van der Waals surface area contributed by atoms with Crippen LogP contribution in [0.5, 0.6) is 17.2 Å². The predicted octanol–water partition coefficient (Wildman–Crippen LogP) is 7.96. The van der Waals surface area contributed by atoms with Crippen LogP contribution in [0.3, 0.4) is 0 Å². The van der Waals surface area contributed by atoms with Gasteiger partial charge in [-0.3, -0.25) is 0 Å². The second-order valence-corrected chi connectivity index (χ2v) is 13.6. The molecule has 2 N–H and O–H groups in total. The van der Waals surface area contributed by atoms with Gasteiger partial charge in [0.2, 0.25) is 0 Å². The van der Waals surface area contributed by atoms with Crippen LogP contribution in [0.15, 0.2) is 89.4 Å². The number of aryl methyl sites for hydroxylation is 4. The first-order valence-corrected chi connectivity index (χ1v) is 17.5. The van der Waals surface area contributed by atoms with E-state index < -0.39 is 31.3 Å². The fourth-order valence-electron chi connectivity index (χ4n) is 5.28. The topological polar surface area (TPSA) is 121 Å². The lowest BCUT2D eigenvalue weighted by Gasteiger charge is -2.40. The summed E-state index contributed by atoms with van der Waals surface area (Å²) in [5.74, 6) is -0.652. The normalized spacial score (nSPS) is 13.1. The van der Waals surface area contributed by atoms with E-state index in [9.17, 15) is 9.59 Å². The third-order valence-corrected chi connectivity index (χ3v) is 9.72. The van der Waals surface area contributed by atoms with E-state index in [4.69, 9.17) is 23.3 Å². The van der Waals surface area contributed by atoms with Crippen LogP contribution in [0, 0.1) is 27.7 Å². The van der Waals surface area contributed by atoms with E-state index in [0.29, 0.717) is 38.2 Å². The van der Waals surface area contributed by atoms with Crippen molar-refractivity contribution in [2.45, 2.75) is 46.2 Å². The van der Waals surface area contributed by atoms with Crippen LogP contribution in [0.25, 0.3) is 0 Å². The summed E-state index contributed by atoms with van der Waals surface area (Å²) >= 11 is 3.45. The summed E-state index contributed by atoms with van der Waals surface area (Å²) in [7, 11) is -1.98. The second-order valence-electron chi connectivity index (χ2n) is 11.1. The predicted molar refractivity (Wildman–Crippen MR) is 189 cm³/mol. The average molecular weight is 740 g/mol. The van der Waals surface area contributed by atoms with Crippen molar-refractivity contribution < 1.29 is 37.4 Å². The first-order chi connectivity index (χ1) is 22.9. The zero-order chi connectivity index (χ0) is 35.1. The first kappa shape index (κ1) is 36.5. The summed E-state index contributed by atoms with van der Waals surface area (Å²) in [4.78, 5) is 28.5. The molecule has 0 amide bonds. The number of para-hydroxylation sites is 2. The highest BCUT2D eigenvalue weighted by molar-refractivity contribution is 9.10. The molecule has 0 aromatic heterocycles. The summed E-state index contributed by atoms with van der Waals surface area (Å²) < 4.78 is 45.1. The van der Waals surface area contributed by atoms with Gasteiger partial charge in [0.05, 0.1) is 20.8 Å². The zero-order valence-corrected chi connectivity index (χ0v) is 30.4. The number of hydrogen-bond acceptors (Lipinski definition) is 9. The number of carbonyl (C=O) groups excluding carboxylic acids is 2. The van der Waals surface area contributed by atoms with E-state index >= 15 is 4.57 Å². The lowest BCUT2D eigenvalue weighted by molar-refractivity contribution is -0.157. The van der Waals surface area contributed by atoms with Crippen LogP contribution in [0.4, 0.5) is 5.69 Å². The van der Waals surface area contributed by atoms with Crippen molar-refractivity contribution in [1.29, 1.82) is 0 Å². The molecule has 0 radical (unpaired) electrons. The van der Waals surface area contributed by atoms with Gasteiger partial charge < -0.3 is 28.6 Å². The third-order valence-electron chi connectivity index (χ3n) is 7.72. The number of carbonyl (C=O) groups is 2. The molecule has 0 aliphatic heterocycles. The summed E-state index contributed by atoms with van der Waals surface area (Å²) in [5, 5.41) is 6.09. The van der Waals surface area contributed by atoms with Crippen molar-refractivity contribution in [3.05, 3.63) is 117 Å². The molecule has 48 heavy (non-hydrogen) atoms. The van der Waals surface area contributed by atoms with Gasteiger partial charge in [0, 0.05) is 10.2 Å². The van der Waals surface area contributed by atoms with Gasteiger partial charge in [0.15, 0.2) is 11.6 Å². The Kier molecular flexibility index (Phi) is 12.0. The van der Waals surface area contributed by atoms with Gasteiger partial charge in [0.25, 0.3) is 0 Å². The van der Waals surface area contributed by atoms with Crippen molar-refractivity contribution in [1.82, 2.24) is 5.09 Å². The Morgan fingerprint density at radius 1 is 0.792 bits per heavy atom. The average Bonchev–Trinajstić information content (AvgIpc) is 3.07. The minimum Gasteiger partial charge on any atom is -0.497 e. The van der Waals surface area contributed by atoms with Crippen LogP contribution in [-0.4, -0.2) is 38.8 Å². The molecule has 0 heterocycles. The second kappa shape index (κ2) is 15.7. The Balaban J connectivity index is 2.04. The highest BCUT2D eigenvalue weighted by Gasteiger charge is 2.58. The highest BCUT2D eigenvalue weighted by atomic mass is 79.9. The number of rotatable bonds is 14. The standard InChI is InChI=1S/C36H40BrN2O8P/c1-8-45-34(40)33(38-29-19-21-30(43-6)22-20-29)36(35(41)44-7,27-15-17-28(37)18-16-27)39-48(42,46-31-23(2)11-9-12-24(31)3)47-32-25(4)13-10-14-26(32)5/h9-22,33,38H,8H2,1-7H3,(H,39,42). The van der Waals surface area contributed by atoms with E-state index in [-0.39, 0.29) is 23.7 Å². The monoisotopic (exact) mass is 738 g/mol. The van der Waals surface area contributed by atoms with Crippen LogP contribution in [0.1, 0.15) is 34.7 Å². The molecular weight excluding hydrogens is 699 g/mol. The van der Waals surface area contributed by atoms with E-state index in [1.165, 1.54) is 14.2 Å². The smallest absolute Gasteiger partial charge is 0.497 e. The zero-order valence-electron chi connectivity index (χ0n) is 28.0. The number of anilines is 1. The number of benzene rings is 4. The molecule has 4 rings (SSSR count). The van der Waals surface area contributed by atoms with Gasteiger partial charge in [-0.05, 0) is 98.8 Å². The molecular formula is C36H40BrN2O8P. The number of methoxy groups -OCH3 is 2. The number of halogens is 1. The summed E-state index contributed by atoms with van der Waals surface area (Å²) in [5.41, 5.74) is 1.08. The van der Waals surface area contributed by atoms with Crippen LogP contribution in [0.2, 0.25) is 0 Å². The largest absolute Gasteiger partial charge is 0.514 e. The molecule has 4 aromatic carbocycles. The molecule has 0 aliphatic carbocycles. The van der Waals surface area contributed by atoms with E-state index in [1.54, 1.807) is 107 Å². The van der Waals surface area contributed by atoms with Crippen molar-refractivity contribution in [3.63, 3.8) is 0 Å². The molecule has 0 aliphatic rings.